The van der Waals surface area contributed by atoms with Crippen molar-refractivity contribution in [1.29, 1.82) is 0 Å². The molecule has 1 atom stereocenters. The highest BCUT2D eigenvalue weighted by Gasteiger charge is 2.32. The number of amides is 1. The number of carbonyl (C=O) groups excluding carboxylic acids is 1. The molecular weight excluding hydrogens is 284 g/mol. The summed E-state index contributed by atoms with van der Waals surface area (Å²) in [6.45, 7) is 1.97. The topological polar surface area (TPSA) is 108 Å². The lowest BCUT2D eigenvalue weighted by Gasteiger charge is -2.16. The molecule has 0 fully saturated rings. The van der Waals surface area contributed by atoms with Crippen LogP contribution >= 0.6 is 0 Å². The van der Waals surface area contributed by atoms with Crippen LogP contribution in [0, 0.1) is 0 Å². The van der Waals surface area contributed by atoms with Gasteiger partial charge in [-0.05, 0) is 18.7 Å². The second kappa shape index (κ2) is 6.58. The molecule has 0 heterocycles. The Morgan fingerprint density at radius 3 is 2.35 bits per heavy atom. The first-order valence-corrected chi connectivity index (χ1v) is 7.41. The monoisotopic (exact) mass is 302 g/mol. The Labute approximate surface area is 118 Å². The molecule has 1 aromatic carbocycles. The van der Waals surface area contributed by atoms with E-state index in [1.807, 2.05) is 0 Å². The van der Waals surface area contributed by atoms with Crippen molar-refractivity contribution < 1.29 is 22.7 Å². The first-order valence-electron chi connectivity index (χ1n) is 5.87. The quantitative estimate of drug-likeness (QED) is 0.728. The molecule has 0 spiro atoms. The summed E-state index contributed by atoms with van der Waals surface area (Å²) < 4.78 is 34.8. The van der Waals surface area contributed by atoms with Crippen LogP contribution in [0.3, 0.4) is 0 Å². The Morgan fingerprint density at radius 1 is 1.30 bits per heavy atom. The number of benzene rings is 1. The number of primary amides is 1. The Hall–Kier alpha value is -1.80. The Bertz CT molecular complexity index is 586. The van der Waals surface area contributed by atoms with E-state index in [9.17, 15) is 13.2 Å². The zero-order valence-electron chi connectivity index (χ0n) is 11.5. The van der Waals surface area contributed by atoms with Gasteiger partial charge in [0.2, 0.25) is 9.84 Å². The highest BCUT2D eigenvalue weighted by molar-refractivity contribution is 7.92. The largest absolute Gasteiger partial charge is 0.493 e. The zero-order chi connectivity index (χ0) is 15.3. The first-order chi connectivity index (χ1) is 9.38. The maximum atomic E-state index is 12.4. The molecule has 0 aromatic heterocycles. The fourth-order valence-corrected chi connectivity index (χ4v) is 3.17. The van der Waals surface area contributed by atoms with Crippen LogP contribution in [0.2, 0.25) is 0 Å². The minimum absolute atomic E-state index is 0.0695. The van der Waals surface area contributed by atoms with Gasteiger partial charge in [0.15, 0.2) is 16.9 Å². The van der Waals surface area contributed by atoms with E-state index in [1.165, 1.54) is 32.4 Å². The van der Waals surface area contributed by atoms with Crippen LogP contribution in [0.15, 0.2) is 23.1 Å². The van der Waals surface area contributed by atoms with Crippen LogP contribution in [-0.2, 0) is 14.6 Å². The molecule has 1 rings (SSSR count). The summed E-state index contributed by atoms with van der Waals surface area (Å²) in [6.07, 6.45) is 0. The van der Waals surface area contributed by atoms with E-state index in [0.717, 1.165) is 0 Å². The number of hydrogen-bond acceptors (Lipinski definition) is 6. The highest BCUT2D eigenvalue weighted by Crippen LogP contribution is 2.30. The molecule has 20 heavy (non-hydrogen) atoms. The van der Waals surface area contributed by atoms with Crippen molar-refractivity contribution >= 4 is 15.7 Å². The Kier molecular flexibility index (Phi) is 5.34. The summed E-state index contributed by atoms with van der Waals surface area (Å²) in [4.78, 5) is 11.2. The van der Waals surface area contributed by atoms with Crippen molar-refractivity contribution in [3.8, 4) is 11.5 Å². The molecule has 112 valence electrons. The number of rotatable bonds is 7. The van der Waals surface area contributed by atoms with E-state index in [1.54, 1.807) is 6.92 Å². The summed E-state index contributed by atoms with van der Waals surface area (Å²) in [5.74, 6) is -0.305. The standard InChI is InChI=1S/C12H18N2O5S/c1-4-14-12(11(13)15)20(16,17)8-5-6-9(18-2)10(7-8)19-3/h5-7,12,14H,4H2,1-3H3,(H2,13,15)/t12-/m0/s1. The van der Waals surface area contributed by atoms with Gasteiger partial charge in [0.1, 0.15) is 0 Å². The molecule has 1 aromatic rings. The van der Waals surface area contributed by atoms with Crippen LogP contribution in [0.5, 0.6) is 11.5 Å². The molecule has 0 bridgehead atoms. The van der Waals surface area contributed by atoms with Crippen molar-refractivity contribution in [3.63, 3.8) is 0 Å². The van der Waals surface area contributed by atoms with E-state index < -0.39 is 21.1 Å². The molecule has 0 saturated heterocycles. The second-order valence-corrected chi connectivity index (χ2v) is 5.93. The van der Waals surface area contributed by atoms with Gasteiger partial charge in [0, 0.05) is 6.07 Å². The van der Waals surface area contributed by atoms with Gasteiger partial charge in [0.05, 0.1) is 19.1 Å². The van der Waals surface area contributed by atoms with Crippen molar-refractivity contribution in [2.45, 2.75) is 17.2 Å². The van der Waals surface area contributed by atoms with Crippen LogP contribution in [-0.4, -0.2) is 40.5 Å². The van der Waals surface area contributed by atoms with Gasteiger partial charge in [-0.2, -0.15) is 0 Å². The number of carbonyl (C=O) groups is 1. The third-order valence-corrected chi connectivity index (χ3v) is 4.57. The maximum absolute atomic E-state index is 12.4. The number of sulfone groups is 1. The van der Waals surface area contributed by atoms with Gasteiger partial charge >= 0.3 is 0 Å². The minimum Gasteiger partial charge on any atom is -0.493 e. The number of nitrogens with one attached hydrogen (secondary N) is 1. The number of nitrogens with two attached hydrogens (primary N) is 1. The Balaban J connectivity index is 3.30. The summed E-state index contributed by atoms with van der Waals surface area (Å²) in [6, 6.07) is 4.08. The average Bonchev–Trinajstić information content (AvgIpc) is 2.43. The molecule has 8 heteroatoms. The molecule has 0 aliphatic heterocycles. The van der Waals surface area contributed by atoms with Gasteiger partial charge < -0.3 is 15.2 Å². The van der Waals surface area contributed by atoms with Crippen LogP contribution in [0.1, 0.15) is 6.92 Å². The van der Waals surface area contributed by atoms with Gasteiger partial charge in [0.25, 0.3) is 5.91 Å². The summed E-state index contributed by atoms with van der Waals surface area (Å²) in [5, 5.41) is 1.07. The van der Waals surface area contributed by atoms with E-state index in [0.29, 0.717) is 12.3 Å². The number of ether oxygens (including phenoxy) is 2. The summed E-state index contributed by atoms with van der Waals surface area (Å²) in [7, 11) is -1.11. The fraction of sp³-hybridized carbons (Fsp3) is 0.417. The van der Waals surface area contributed by atoms with Gasteiger partial charge in [-0.1, -0.05) is 6.92 Å². The molecule has 0 aliphatic carbocycles. The lowest BCUT2D eigenvalue weighted by Crippen LogP contribution is -2.46. The third-order valence-electron chi connectivity index (χ3n) is 2.64. The number of likely N-dealkylation sites (N-methyl/N-ethyl adjacent to an activating group) is 1. The fourth-order valence-electron chi connectivity index (χ4n) is 1.68. The van der Waals surface area contributed by atoms with Crippen molar-refractivity contribution in [2.75, 3.05) is 20.8 Å². The van der Waals surface area contributed by atoms with Gasteiger partial charge in [-0.25, -0.2) is 8.42 Å². The SMILES string of the molecule is CCN[C@H](C(N)=O)S(=O)(=O)c1ccc(OC)c(OC)c1. The van der Waals surface area contributed by atoms with Crippen molar-refractivity contribution in [1.82, 2.24) is 5.32 Å². The molecule has 0 radical (unpaired) electrons. The molecular formula is C12H18N2O5S. The second-order valence-electron chi connectivity index (χ2n) is 3.90. The van der Waals surface area contributed by atoms with E-state index in [4.69, 9.17) is 15.2 Å². The first kappa shape index (κ1) is 16.3. The third kappa shape index (κ3) is 3.20. The van der Waals surface area contributed by atoms with Crippen LogP contribution in [0.4, 0.5) is 0 Å². The van der Waals surface area contributed by atoms with Crippen LogP contribution < -0.4 is 20.5 Å². The lowest BCUT2D eigenvalue weighted by atomic mass is 10.3. The highest BCUT2D eigenvalue weighted by atomic mass is 32.2. The van der Waals surface area contributed by atoms with Crippen LogP contribution in [0.25, 0.3) is 0 Å². The maximum Gasteiger partial charge on any atom is 0.250 e. The number of methoxy groups -OCH3 is 2. The smallest absolute Gasteiger partial charge is 0.250 e. The Morgan fingerprint density at radius 2 is 1.90 bits per heavy atom. The van der Waals surface area contributed by atoms with Gasteiger partial charge in [-0.15, -0.1) is 0 Å². The van der Waals surface area contributed by atoms with E-state index >= 15 is 0 Å². The predicted octanol–water partition coefficient (Wildman–Crippen LogP) is -0.102. The molecule has 3 N–H and O–H groups in total. The van der Waals surface area contributed by atoms with E-state index in [-0.39, 0.29) is 10.6 Å². The zero-order valence-corrected chi connectivity index (χ0v) is 12.4. The normalized spacial score (nSPS) is 12.8. The van der Waals surface area contributed by atoms with Crippen molar-refractivity contribution in [3.05, 3.63) is 18.2 Å². The van der Waals surface area contributed by atoms with E-state index in [2.05, 4.69) is 5.32 Å². The summed E-state index contributed by atoms with van der Waals surface area (Å²) >= 11 is 0. The minimum atomic E-state index is -3.94. The molecule has 1 amide bonds. The summed E-state index contributed by atoms with van der Waals surface area (Å²) in [5.41, 5.74) is 5.14. The molecule has 0 unspecified atom stereocenters. The molecule has 7 nitrogen and oxygen atoms in total. The predicted molar refractivity (Wildman–Crippen MR) is 73.4 cm³/mol. The van der Waals surface area contributed by atoms with Crippen molar-refractivity contribution in [2.24, 2.45) is 5.73 Å². The molecule has 0 saturated carbocycles. The lowest BCUT2D eigenvalue weighted by molar-refractivity contribution is -0.118. The number of hydrogen-bond donors (Lipinski definition) is 2. The van der Waals surface area contributed by atoms with Gasteiger partial charge in [-0.3, -0.25) is 10.1 Å². The average molecular weight is 302 g/mol. The molecule has 0 aliphatic rings.